The maximum Gasteiger partial charge on any atom is 0.319 e. The normalized spacial score (nSPS) is 22.4. The number of hydrogen-bond acceptors (Lipinski definition) is 8. The molecule has 274 valence electrons. The third kappa shape index (κ3) is 5.91. The summed E-state index contributed by atoms with van der Waals surface area (Å²) in [7, 11) is 0. The zero-order valence-electron chi connectivity index (χ0n) is 29.6. The molecule has 9 rings (SSSR count). The lowest BCUT2D eigenvalue weighted by Gasteiger charge is -2.54. The maximum absolute atomic E-state index is 16.9. The first-order valence-corrected chi connectivity index (χ1v) is 18.4. The number of halogens is 3. The fraction of sp³-hybridized carbons (Fsp3) is 0.357. The van der Waals surface area contributed by atoms with Crippen LogP contribution in [0.5, 0.6) is 6.01 Å². The molecule has 4 saturated heterocycles. The van der Waals surface area contributed by atoms with E-state index in [2.05, 4.69) is 30.7 Å². The van der Waals surface area contributed by atoms with Gasteiger partial charge < -0.3 is 14.5 Å². The van der Waals surface area contributed by atoms with Crippen molar-refractivity contribution in [2.45, 2.75) is 43.8 Å². The van der Waals surface area contributed by atoms with Gasteiger partial charge in [-0.15, -0.1) is 6.42 Å². The van der Waals surface area contributed by atoms with E-state index in [-0.39, 0.29) is 29.2 Å². The van der Waals surface area contributed by atoms with Crippen LogP contribution in [0.15, 0.2) is 72.8 Å². The van der Waals surface area contributed by atoms with Gasteiger partial charge in [0.2, 0.25) is 0 Å². The lowest BCUT2D eigenvalue weighted by Crippen LogP contribution is -2.62. The molecule has 2 atom stereocenters. The van der Waals surface area contributed by atoms with E-state index < -0.39 is 29.3 Å². The minimum atomic E-state index is -0.923. The van der Waals surface area contributed by atoms with Gasteiger partial charge in [0.1, 0.15) is 29.8 Å². The molecule has 1 spiro atoms. The van der Waals surface area contributed by atoms with Crippen LogP contribution in [0, 0.1) is 23.6 Å². The minimum Gasteiger partial charge on any atom is -0.461 e. The number of aromatic nitrogens is 4. The van der Waals surface area contributed by atoms with Gasteiger partial charge in [0.15, 0.2) is 11.6 Å². The van der Waals surface area contributed by atoms with Gasteiger partial charge >= 0.3 is 6.01 Å². The molecule has 0 radical (unpaired) electrons. The quantitative estimate of drug-likeness (QED) is 0.134. The average Bonchev–Trinajstić information content (AvgIpc) is 3.71. The van der Waals surface area contributed by atoms with Gasteiger partial charge in [-0.1, -0.05) is 42.3 Å². The van der Waals surface area contributed by atoms with Crippen LogP contribution in [-0.4, -0.2) is 93.2 Å². The Labute approximate surface area is 310 Å². The zero-order chi connectivity index (χ0) is 37.0. The van der Waals surface area contributed by atoms with Crippen LogP contribution in [0.4, 0.5) is 19.0 Å². The molecule has 54 heavy (non-hydrogen) atoms. The number of fused-ring (bicyclic) bond motifs is 3. The highest BCUT2D eigenvalue weighted by molar-refractivity contribution is 6.02. The summed E-state index contributed by atoms with van der Waals surface area (Å²) in [5.74, 6) is 1.12. The summed E-state index contributed by atoms with van der Waals surface area (Å²) in [4.78, 5) is 36.9. The van der Waals surface area contributed by atoms with Gasteiger partial charge in [-0.05, 0) is 55.8 Å². The number of anilines is 1. The molecule has 12 heteroatoms. The second kappa shape index (κ2) is 13.4. The average molecular weight is 730 g/mol. The van der Waals surface area contributed by atoms with Crippen molar-refractivity contribution in [2.75, 3.05) is 50.8 Å². The van der Waals surface area contributed by atoms with E-state index >= 15 is 4.39 Å². The summed E-state index contributed by atoms with van der Waals surface area (Å²) in [6.45, 7) is 3.42. The van der Waals surface area contributed by atoms with Crippen LogP contribution in [0.3, 0.4) is 0 Å². The predicted octanol–water partition coefficient (Wildman–Crippen LogP) is 6.76. The molecule has 1 amide bonds. The monoisotopic (exact) mass is 729 g/mol. The number of pyridine rings is 2. The van der Waals surface area contributed by atoms with Gasteiger partial charge in [-0.2, -0.15) is 9.97 Å². The molecule has 4 fully saturated rings. The number of terminal acetylenes is 1. The Morgan fingerprint density at radius 2 is 1.83 bits per heavy atom. The molecular formula is C42H38F3N7O2. The minimum absolute atomic E-state index is 0.0233. The molecule has 0 aliphatic carbocycles. The molecule has 4 aliphatic heterocycles. The Morgan fingerprint density at radius 3 is 2.61 bits per heavy atom. The van der Waals surface area contributed by atoms with Gasteiger partial charge in [-0.25, -0.2) is 13.2 Å². The first kappa shape index (κ1) is 34.2. The molecule has 0 bridgehead atoms. The maximum atomic E-state index is 16.9. The van der Waals surface area contributed by atoms with Crippen LogP contribution >= 0.6 is 0 Å². The highest BCUT2D eigenvalue weighted by Crippen LogP contribution is 2.44. The first-order chi connectivity index (χ1) is 26.2. The van der Waals surface area contributed by atoms with Gasteiger partial charge in [0.25, 0.3) is 5.91 Å². The van der Waals surface area contributed by atoms with Crippen LogP contribution in [-0.2, 0) is 4.79 Å². The van der Waals surface area contributed by atoms with Gasteiger partial charge in [0.05, 0.1) is 16.6 Å². The van der Waals surface area contributed by atoms with E-state index in [1.165, 1.54) is 4.90 Å². The second-order valence-corrected chi connectivity index (χ2v) is 15.1. The van der Waals surface area contributed by atoms with Crippen molar-refractivity contribution in [1.29, 1.82) is 0 Å². The van der Waals surface area contributed by atoms with Crippen LogP contribution in [0.2, 0.25) is 0 Å². The molecule has 3 aromatic heterocycles. The number of likely N-dealkylation sites (tertiary alicyclic amines) is 1. The van der Waals surface area contributed by atoms with Crippen molar-refractivity contribution < 1.29 is 22.7 Å². The van der Waals surface area contributed by atoms with Gasteiger partial charge in [0, 0.05) is 79.5 Å². The summed E-state index contributed by atoms with van der Waals surface area (Å²) in [6.07, 6.45) is 12.9. The fourth-order valence-electron chi connectivity index (χ4n) is 9.04. The Kier molecular flexibility index (Phi) is 8.49. The Bertz CT molecular complexity index is 2340. The number of benzene rings is 2. The highest BCUT2D eigenvalue weighted by Gasteiger charge is 2.50. The Balaban J connectivity index is 1.02. The zero-order valence-corrected chi connectivity index (χ0v) is 29.6. The SMILES string of the molecule is C#Cc1cccc2cccc(-c3ncc4c(N5CCC6(CC5)CN(C(=O)/C(F)=C/c5ccccn5)C6)nc(OC[C@@]56CCCN5C[C@H](F)C6)nc4c3F)c12. The molecule has 4 aliphatic rings. The van der Waals surface area contributed by atoms with E-state index in [1.54, 1.807) is 36.7 Å². The molecule has 0 unspecified atom stereocenters. The lowest BCUT2D eigenvalue weighted by atomic mass is 9.72. The van der Waals surface area contributed by atoms with Crippen molar-refractivity contribution in [2.24, 2.45) is 5.41 Å². The second-order valence-electron chi connectivity index (χ2n) is 15.1. The van der Waals surface area contributed by atoms with Gasteiger partial charge in [-0.3, -0.25) is 19.7 Å². The molecular weight excluding hydrogens is 692 g/mol. The van der Waals surface area contributed by atoms with E-state index in [4.69, 9.17) is 16.1 Å². The van der Waals surface area contributed by atoms with E-state index in [0.29, 0.717) is 67.2 Å². The van der Waals surface area contributed by atoms with E-state index in [0.717, 1.165) is 49.1 Å². The number of hydrogen-bond donors (Lipinski definition) is 0. The molecule has 0 saturated carbocycles. The van der Waals surface area contributed by atoms with Crippen LogP contribution < -0.4 is 9.64 Å². The standard InChI is InChI=1S/C42H38F3N7O2/c1-2-27-8-5-9-28-10-6-12-31(34(27)28)36-35(45)37-32(22-47-36)38(49-40(48-37)54-26-42-13-7-17-52(42)23-29(43)21-42)50-18-14-41(15-19-50)24-51(25-41)39(53)33(44)20-30-11-3-4-16-46-30/h1,3-6,8-12,16,20,22,29H,7,13-15,17-19,21,23-26H2/b33-20-/t29-,42+/m1/s1. The third-order valence-corrected chi connectivity index (χ3v) is 11.8. The molecule has 0 N–H and O–H groups in total. The Hall–Kier alpha value is -5.54. The molecule has 7 heterocycles. The third-order valence-electron chi connectivity index (χ3n) is 11.8. The number of ether oxygens (including phenoxy) is 1. The fourth-order valence-corrected chi connectivity index (χ4v) is 9.04. The highest BCUT2D eigenvalue weighted by atomic mass is 19.1. The summed E-state index contributed by atoms with van der Waals surface area (Å²) in [6, 6.07) is 16.3. The van der Waals surface area contributed by atoms with Crippen molar-refractivity contribution in [3.63, 3.8) is 0 Å². The van der Waals surface area contributed by atoms with E-state index in [9.17, 15) is 13.6 Å². The topological polar surface area (TPSA) is 87.6 Å². The van der Waals surface area contributed by atoms with Crippen molar-refractivity contribution in [3.8, 4) is 29.6 Å². The molecule has 5 aromatic rings. The summed E-state index contributed by atoms with van der Waals surface area (Å²) in [5, 5.41) is 2.03. The number of alkyl halides is 1. The lowest BCUT2D eigenvalue weighted by molar-refractivity contribution is -0.141. The van der Waals surface area contributed by atoms with E-state index in [1.807, 2.05) is 30.3 Å². The summed E-state index contributed by atoms with van der Waals surface area (Å²) >= 11 is 0. The summed E-state index contributed by atoms with van der Waals surface area (Å²) < 4.78 is 52.7. The molecule has 9 nitrogen and oxygen atoms in total. The van der Waals surface area contributed by atoms with Crippen LogP contribution in [0.1, 0.15) is 43.4 Å². The number of piperidine rings is 1. The van der Waals surface area contributed by atoms with Crippen LogP contribution in [0.25, 0.3) is 39.0 Å². The largest absolute Gasteiger partial charge is 0.461 e. The smallest absolute Gasteiger partial charge is 0.319 e. The molecule has 2 aromatic carbocycles. The predicted molar refractivity (Wildman–Crippen MR) is 200 cm³/mol. The Morgan fingerprint density at radius 1 is 1.02 bits per heavy atom. The van der Waals surface area contributed by atoms with Crippen molar-refractivity contribution >= 4 is 39.5 Å². The van der Waals surface area contributed by atoms with Crippen molar-refractivity contribution in [1.82, 2.24) is 29.7 Å². The number of carbonyl (C=O) groups is 1. The first-order valence-electron chi connectivity index (χ1n) is 18.4. The number of nitrogens with zero attached hydrogens (tertiary/aromatic N) is 7. The number of carbonyl (C=O) groups excluding carboxylic acids is 1. The number of rotatable bonds is 7. The van der Waals surface area contributed by atoms with Crippen molar-refractivity contribution in [3.05, 3.63) is 89.9 Å². The summed E-state index contributed by atoms with van der Waals surface area (Å²) in [5.41, 5.74) is 1.16. The number of amides is 1.